The van der Waals surface area contributed by atoms with Gasteiger partial charge in [0.15, 0.2) is 0 Å². The number of benzene rings is 1. The van der Waals surface area contributed by atoms with Gasteiger partial charge in [-0.25, -0.2) is 8.42 Å². The van der Waals surface area contributed by atoms with Gasteiger partial charge in [-0.1, -0.05) is 29.3 Å². The Morgan fingerprint density at radius 2 is 2.00 bits per heavy atom. The summed E-state index contributed by atoms with van der Waals surface area (Å²) in [4.78, 5) is 0. The van der Waals surface area contributed by atoms with Crippen molar-refractivity contribution in [2.45, 2.75) is 12.2 Å². The first-order valence-corrected chi connectivity index (χ1v) is 7.29. The van der Waals surface area contributed by atoms with E-state index in [0.717, 1.165) is 0 Å². The van der Waals surface area contributed by atoms with E-state index in [1.54, 1.807) is 32.2 Å². The van der Waals surface area contributed by atoms with E-state index < -0.39 is 15.3 Å². The van der Waals surface area contributed by atoms with Crippen molar-refractivity contribution in [2.75, 3.05) is 18.3 Å². The molecule has 0 heterocycles. The Labute approximate surface area is 111 Å². The van der Waals surface area contributed by atoms with Crippen LogP contribution in [0.1, 0.15) is 6.92 Å². The van der Waals surface area contributed by atoms with Crippen LogP contribution in [0.4, 0.5) is 5.69 Å². The van der Waals surface area contributed by atoms with Crippen molar-refractivity contribution in [1.82, 2.24) is 5.32 Å². The highest BCUT2D eigenvalue weighted by Gasteiger charge is 2.21. The van der Waals surface area contributed by atoms with Crippen molar-refractivity contribution in [3.63, 3.8) is 0 Å². The topological polar surface area (TPSA) is 58.2 Å². The molecule has 0 aliphatic rings. The fraction of sp³-hybridized carbons (Fsp3) is 0.400. The zero-order chi connectivity index (χ0) is 13.1. The van der Waals surface area contributed by atoms with Crippen molar-refractivity contribution in [1.29, 1.82) is 0 Å². The minimum atomic E-state index is -3.47. The van der Waals surface area contributed by atoms with E-state index in [9.17, 15) is 8.42 Å². The summed E-state index contributed by atoms with van der Waals surface area (Å²) in [6.07, 6.45) is 0. The molecule has 1 rings (SSSR count). The lowest BCUT2D eigenvalue weighted by atomic mass is 10.3. The van der Waals surface area contributed by atoms with E-state index in [4.69, 9.17) is 23.2 Å². The van der Waals surface area contributed by atoms with Gasteiger partial charge < -0.3 is 5.32 Å². The van der Waals surface area contributed by atoms with Gasteiger partial charge in [0.2, 0.25) is 10.0 Å². The van der Waals surface area contributed by atoms with Gasteiger partial charge in [-0.05, 0) is 26.1 Å². The summed E-state index contributed by atoms with van der Waals surface area (Å²) in [7, 11) is -1.78. The van der Waals surface area contributed by atoms with E-state index in [2.05, 4.69) is 10.0 Å². The van der Waals surface area contributed by atoms with Crippen molar-refractivity contribution in [2.24, 2.45) is 0 Å². The second-order valence-electron chi connectivity index (χ2n) is 3.62. The number of hydrogen-bond acceptors (Lipinski definition) is 3. The van der Waals surface area contributed by atoms with E-state index in [-0.39, 0.29) is 5.02 Å². The van der Waals surface area contributed by atoms with Crippen LogP contribution in [0.2, 0.25) is 10.0 Å². The first kappa shape index (κ1) is 14.6. The number of anilines is 1. The molecule has 17 heavy (non-hydrogen) atoms. The van der Waals surface area contributed by atoms with Crippen LogP contribution in [0.3, 0.4) is 0 Å². The largest absolute Gasteiger partial charge is 0.318 e. The summed E-state index contributed by atoms with van der Waals surface area (Å²) < 4.78 is 26.2. The molecule has 4 nitrogen and oxygen atoms in total. The number of sulfonamides is 1. The summed E-state index contributed by atoms with van der Waals surface area (Å²) in [6, 6.07) is 4.80. The molecule has 0 fully saturated rings. The Hall–Kier alpha value is -0.490. The maximum Gasteiger partial charge on any atom is 0.236 e. The predicted octanol–water partition coefficient (Wildman–Crippen LogP) is 2.34. The fourth-order valence-corrected chi connectivity index (χ4v) is 2.70. The Bertz CT molecular complexity index is 491. The summed E-state index contributed by atoms with van der Waals surface area (Å²) in [5.41, 5.74) is 0.294. The van der Waals surface area contributed by atoms with Gasteiger partial charge in [0.25, 0.3) is 0 Å². The minimum absolute atomic E-state index is 0.203. The van der Waals surface area contributed by atoms with Gasteiger partial charge in [0.1, 0.15) is 0 Å². The molecule has 0 spiro atoms. The van der Waals surface area contributed by atoms with Gasteiger partial charge in [0.05, 0.1) is 21.0 Å². The van der Waals surface area contributed by atoms with Crippen molar-refractivity contribution >= 4 is 38.9 Å². The van der Waals surface area contributed by atoms with E-state index in [1.165, 1.54) is 0 Å². The molecular weight excluding hydrogens is 283 g/mol. The Balaban J connectivity index is 2.94. The standard InChI is InChI=1S/C10H14Cl2N2O2S/c1-7(6-13-2)17(15,16)14-9-5-3-4-8(11)10(9)12/h3-5,7,13-14H,6H2,1-2H3. The Morgan fingerprint density at radius 1 is 1.35 bits per heavy atom. The summed E-state index contributed by atoms with van der Waals surface area (Å²) in [5, 5.41) is 2.76. The van der Waals surface area contributed by atoms with E-state index in [1.807, 2.05) is 0 Å². The van der Waals surface area contributed by atoms with Crippen LogP contribution in [-0.4, -0.2) is 27.3 Å². The molecule has 0 radical (unpaired) electrons. The molecule has 0 saturated heterocycles. The molecule has 1 aromatic carbocycles. The quantitative estimate of drug-likeness (QED) is 0.877. The lowest BCUT2D eigenvalue weighted by molar-refractivity contribution is 0.584. The van der Waals surface area contributed by atoms with Crippen LogP contribution < -0.4 is 10.0 Å². The summed E-state index contributed by atoms with van der Waals surface area (Å²) in [5.74, 6) is 0. The maximum absolute atomic E-state index is 11.9. The summed E-state index contributed by atoms with van der Waals surface area (Å²) in [6.45, 7) is 1.96. The van der Waals surface area contributed by atoms with Crippen LogP contribution in [0, 0.1) is 0 Å². The molecule has 2 N–H and O–H groups in total. The normalized spacial score (nSPS) is 13.4. The molecule has 0 aromatic heterocycles. The van der Waals surface area contributed by atoms with E-state index in [0.29, 0.717) is 17.3 Å². The lowest BCUT2D eigenvalue weighted by Crippen LogP contribution is -2.33. The zero-order valence-electron chi connectivity index (χ0n) is 9.50. The second kappa shape index (κ2) is 5.91. The van der Waals surface area contributed by atoms with Crippen LogP contribution in [-0.2, 0) is 10.0 Å². The molecule has 96 valence electrons. The molecule has 1 atom stereocenters. The van der Waals surface area contributed by atoms with Gasteiger partial charge in [-0.15, -0.1) is 0 Å². The number of nitrogens with one attached hydrogen (secondary N) is 2. The smallest absolute Gasteiger partial charge is 0.236 e. The van der Waals surface area contributed by atoms with Crippen molar-refractivity contribution < 1.29 is 8.42 Å². The third-order valence-corrected chi connectivity index (χ3v) is 4.77. The third kappa shape index (κ3) is 3.74. The minimum Gasteiger partial charge on any atom is -0.318 e. The number of hydrogen-bond donors (Lipinski definition) is 2. The van der Waals surface area contributed by atoms with Gasteiger partial charge in [-0.3, -0.25) is 4.72 Å². The van der Waals surface area contributed by atoms with Crippen molar-refractivity contribution in [3.8, 4) is 0 Å². The molecule has 1 aromatic rings. The Kier molecular flexibility index (Phi) is 5.06. The van der Waals surface area contributed by atoms with E-state index >= 15 is 0 Å². The maximum atomic E-state index is 11.9. The zero-order valence-corrected chi connectivity index (χ0v) is 11.8. The Morgan fingerprint density at radius 3 is 2.59 bits per heavy atom. The van der Waals surface area contributed by atoms with Crippen LogP contribution in [0.25, 0.3) is 0 Å². The fourth-order valence-electron chi connectivity index (χ4n) is 1.23. The van der Waals surface area contributed by atoms with Gasteiger partial charge in [0, 0.05) is 6.54 Å². The molecule has 1 unspecified atom stereocenters. The first-order chi connectivity index (χ1) is 7.88. The molecule has 0 amide bonds. The molecule has 0 aliphatic heterocycles. The summed E-state index contributed by atoms with van der Waals surface area (Å²) >= 11 is 11.7. The highest BCUT2D eigenvalue weighted by molar-refractivity contribution is 7.93. The molecule has 0 bridgehead atoms. The van der Waals surface area contributed by atoms with Crippen molar-refractivity contribution in [3.05, 3.63) is 28.2 Å². The first-order valence-electron chi connectivity index (χ1n) is 4.98. The number of halogens is 2. The molecule has 0 aliphatic carbocycles. The van der Waals surface area contributed by atoms with Crippen LogP contribution in [0.15, 0.2) is 18.2 Å². The van der Waals surface area contributed by atoms with Gasteiger partial charge >= 0.3 is 0 Å². The number of rotatable bonds is 5. The third-order valence-electron chi connectivity index (χ3n) is 2.23. The van der Waals surface area contributed by atoms with Crippen LogP contribution >= 0.6 is 23.2 Å². The second-order valence-corrected chi connectivity index (χ2v) is 6.50. The highest BCUT2D eigenvalue weighted by Crippen LogP contribution is 2.30. The SMILES string of the molecule is CNCC(C)S(=O)(=O)Nc1cccc(Cl)c1Cl. The average Bonchev–Trinajstić information content (AvgIpc) is 2.25. The highest BCUT2D eigenvalue weighted by atomic mass is 35.5. The molecule has 0 saturated carbocycles. The molecule has 7 heteroatoms. The predicted molar refractivity (Wildman–Crippen MR) is 72.4 cm³/mol. The average molecular weight is 297 g/mol. The lowest BCUT2D eigenvalue weighted by Gasteiger charge is -2.15. The van der Waals surface area contributed by atoms with Crippen LogP contribution in [0.5, 0.6) is 0 Å². The molecular formula is C10H14Cl2N2O2S. The monoisotopic (exact) mass is 296 g/mol. The van der Waals surface area contributed by atoms with Gasteiger partial charge in [-0.2, -0.15) is 0 Å².